The number of hydrogen-bond donors (Lipinski definition) is 2. The van der Waals surface area contributed by atoms with Crippen LogP contribution in [0.2, 0.25) is 0 Å². The van der Waals surface area contributed by atoms with Crippen molar-refractivity contribution in [3.05, 3.63) is 65.6 Å². The molecule has 3 aromatic rings. The van der Waals surface area contributed by atoms with E-state index in [0.717, 1.165) is 28.1 Å². The quantitative estimate of drug-likeness (QED) is 0.433. The normalized spacial score (nSPS) is 18.1. The third kappa shape index (κ3) is 4.99. The number of methoxy groups -OCH3 is 1. The summed E-state index contributed by atoms with van der Waals surface area (Å²) in [7, 11) is 5.24. The number of urea groups is 1. The fourth-order valence-electron chi connectivity index (χ4n) is 3.57. The molecular weight excluding hydrogens is 448 g/mol. The lowest BCUT2D eigenvalue weighted by atomic mass is 10.0. The van der Waals surface area contributed by atoms with Gasteiger partial charge in [0.1, 0.15) is 5.75 Å². The van der Waals surface area contributed by atoms with Crippen LogP contribution in [0.5, 0.6) is 5.75 Å². The molecule has 2 N–H and O–H groups in total. The van der Waals surface area contributed by atoms with Gasteiger partial charge in [0.2, 0.25) is 0 Å². The molecule has 0 spiro atoms. The molecule has 10 heteroatoms. The summed E-state index contributed by atoms with van der Waals surface area (Å²) in [4.78, 5) is 40.4. The first-order valence-electron chi connectivity index (χ1n) is 10.7. The van der Waals surface area contributed by atoms with Gasteiger partial charge < -0.3 is 15.0 Å². The second kappa shape index (κ2) is 9.30. The highest BCUT2D eigenvalue weighted by atomic mass is 16.5. The molecule has 1 saturated heterocycles. The van der Waals surface area contributed by atoms with Gasteiger partial charge in [0.15, 0.2) is 5.54 Å². The molecule has 1 fully saturated rings. The van der Waals surface area contributed by atoms with Crippen LogP contribution in [-0.4, -0.2) is 57.2 Å². The number of fused-ring (bicyclic) bond motifs is 1. The molecule has 5 rings (SSSR count). The lowest BCUT2D eigenvalue weighted by Gasteiger charge is -2.11. The minimum Gasteiger partial charge on any atom is -0.497 e. The molecule has 1 atom stereocenters. The van der Waals surface area contributed by atoms with Gasteiger partial charge >= 0.3 is 6.03 Å². The van der Waals surface area contributed by atoms with Gasteiger partial charge in [0, 0.05) is 49.7 Å². The first-order valence-corrected chi connectivity index (χ1v) is 10.7. The third-order valence-electron chi connectivity index (χ3n) is 5.57. The zero-order valence-corrected chi connectivity index (χ0v) is 19.7. The van der Waals surface area contributed by atoms with Crippen LogP contribution >= 0.6 is 0 Å². The predicted octanol–water partition coefficient (Wildman–Crippen LogP) is 1.71. The van der Waals surface area contributed by atoms with Crippen molar-refractivity contribution in [3.8, 4) is 28.8 Å². The Hall–Kier alpha value is -4.65. The molecule has 10 nitrogen and oxygen atoms in total. The van der Waals surface area contributed by atoms with Gasteiger partial charge in [-0.25, -0.2) is 4.79 Å². The Labute approximate surface area is 202 Å². The van der Waals surface area contributed by atoms with Gasteiger partial charge in [-0.05, 0) is 36.8 Å². The number of ether oxygens (including phenoxy) is 1. The van der Waals surface area contributed by atoms with Gasteiger partial charge in [0.05, 0.1) is 19.0 Å². The summed E-state index contributed by atoms with van der Waals surface area (Å²) in [5.74, 6) is 5.98. The number of hydrogen-bond acceptors (Lipinski definition) is 6. The van der Waals surface area contributed by atoms with E-state index in [1.54, 1.807) is 55.2 Å². The number of aryl methyl sites for hydroxylation is 1. The molecule has 0 aliphatic carbocycles. The number of carbonyl (C=O) groups excluding carboxylic acids is 3. The predicted molar refractivity (Wildman–Crippen MR) is 127 cm³/mol. The molecule has 0 radical (unpaired) electrons. The number of nitrogens with one attached hydrogen (secondary N) is 2. The standard InChI is InChI=1S/C15H13N5O2.C10H11NO2/c1-15(13(21)18-14(22)19-15)6-5-10-3-4-12(16-7-10)11-8-17-20(2)9-11;1-11-6-7-3-4-8(13-2)5-9(7)10(11)12/h3-4,7-9H,1-2H3,(H2,18,19,21,22);3-5H,6H2,1-2H3. The van der Waals surface area contributed by atoms with Crippen LogP contribution in [-0.2, 0) is 18.4 Å². The number of amides is 4. The topological polar surface area (TPSA) is 118 Å². The van der Waals surface area contributed by atoms with Crippen molar-refractivity contribution in [2.45, 2.75) is 19.0 Å². The lowest BCUT2D eigenvalue weighted by Crippen LogP contribution is -2.42. The van der Waals surface area contributed by atoms with Crippen LogP contribution in [0.25, 0.3) is 11.3 Å². The van der Waals surface area contributed by atoms with E-state index in [9.17, 15) is 14.4 Å². The summed E-state index contributed by atoms with van der Waals surface area (Å²) in [6.07, 6.45) is 5.22. The number of aromatic nitrogens is 3. The van der Waals surface area contributed by atoms with Gasteiger partial charge in [0.25, 0.3) is 11.8 Å². The van der Waals surface area contributed by atoms with Crippen LogP contribution in [0, 0.1) is 11.8 Å². The second-order valence-corrected chi connectivity index (χ2v) is 8.30. The smallest absolute Gasteiger partial charge is 0.323 e. The Morgan fingerprint density at radius 1 is 1.11 bits per heavy atom. The maximum Gasteiger partial charge on any atom is 0.323 e. The summed E-state index contributed by atoms with van der Waals surface area (Å²) < 4.78 is 6.75. The number of rotatable bonds is 2. The molecule has 0 bridgehead atoms. The van der Waals surface area contributed by atoms with Crippen molar-refractivity contribution in [1.82, 2.24) is 30.3 Å². The number of carbonyl (C=O) groups is 3. The average Bonchev–Trinajstić information content (AvgIpc) is 3.48. The SMILES string of the molecule is COc1ccc2c(c1)C(=O)N(C)C2.Cn1cc(-c2ccc(C#CC3(C)NC(=O)NC3=O)cn2)cn1. The number of benzene rings is 1. The van der Waals surface area contributed by atoms with Crippen molar-refractivity contribution in [2.24, 2.45) is 7.05 Å². The fraction of sp³-hybridized carbons (Fsp3) is 0.240. The van der Waals surface area contributed by atoms with Crippen LogP contribution in [0.4, 0.5) is 4.79 Å². The third-order valence-corrected chi connectivity index (χ3v) is 5.57. The highest BCUT2D eigenvalue weighted by Gasteiger charge is 2.40. The number of nitrogens with zero attached hydrogens (tertiary/aromatic N) is 4. The van der Waals surface area contributed by atoms with Crippen LogP contribution in [0.15, 0.2) is 48.9 Å². The van der Waals surface area contributed by atoms with E-state index in [0.29, 0.717) is 12.1 Å². The Morgan fingerprint density at radius 2 is 1.91 bits per heavy atom. The molecular formula is C25H24N6O4. The second-order valence-electron chi connectivity index (χ2n) is 8.30. The van der Waals surface area contributed by atoms with E-state index in [1.807, 2.05) is 31.4 Å². The summed E-state index contributed by atoms with van der Waals surface area (Å²) in [5.41, 5.74) is 2.99. The molecule has 35 heavy (non-hydrogen) atoms. The van der Waals surface area contributed by atoms with Gasteiger partial charge in [-0.2, -0.15) is 5.10 Å². The van der Waals surface area contributed by atoms with Crippen molar-refractivity contribution in [2.75, 3.05) is 14.2 Å². The monoisotopic (exact) mass is 472 g/mol. The molecule has 4 heterocycles. The molecule has 2 aliphatic heterocycles. The average molecular weight is 473 g/mol. The lowest BCUT2D eigenvalue weighted by molar-refractivity contribution is -0.121. The van der Waals surface area contributed by atoms with Crippen molar-refractivity contribution >= 4 is 17.8 Å². The van der Waals surface area contributed by atoms with Crippen LogP contribution in [0.1, 0.15) is 28.4 Å². The Bertz CT molecular complexity index is 1370. The summed E-state index contributed by atoms with van der Waals surface area (Å²) >= 11 is 0. The van der Waals surface area contributed by atoms with Crippen molar-refractivity contribution in [1.29, 1.82) is 0 Å². The Morgan fingerprint density at radius 3 is 2.51 bits per heavy atom. The Balaban J connectivity index is 0.000000189. The summed E-state index contributed by atoms with van der Waals surface area (Å²) in [5, 5.41) is 8.74. The maximum absolute atomic E-state index is 11.6. The fourth-order valence-corrected chi connectivity index (χ4v) is 3.57. The van der Waals surface area contributed by atoms with Gasteiger partial charge in [-0.3, -0.25) is 24.6 Å². The minimum absolute atomic E-state index is 0.0777. The van der Waals surface area contributed by atoms with E-state index in [-0.39, 0.29) is 5.91 Å². The van der Waals surface area contributed by atoms with Crippen LogP contribution in [0.3, 0.4) is 0 Å². The van der Waals surface area contributed by atoms with Crippen molar-refractivity contribution < 1.29 is 19.1 Å². The zero-order valence-electron chi connectivity index (χ0n) is 19.7. The zero-order chi connectivity index (χ0) is 25.2. The molecule has 178 valence electrons. The number of imide groups is 1. The Kier molecular flexibility index (Phi) is 6.25. The summed E-state index contributed by atoms with van der Waals surface area (Å²) in [6.45, 7) is 2.26. The highest BCUT2D eigenvalue weighted by Crippen LogP contribution is 2.25. The summed E-state index contributed by atoms with van der Waals surface area (Å²) in [6, 6.07) is 8.71. The van der Waals surface area contributed by atoms with Crippen molar-refractivity contribution in [3.63, 3.8) is 0 Å². The maximum atomic E-state index is 11.6. The number of pyridine rings is 1. The first-order chi connectivity index (χ1) is 16.7. The van der Waals surface area contributed by atoms with E-state index < -0.39 is 17.5 Å². The van der Waals surface area contributed by atoms with Gasteiger partial charge in [-0.1, -0.05) is 17.9 Å². The molecule has 2 aliphatic rings. The van der Waals surface area contributed by atoms with E-state index in [2.05, 4.69) is 32.6 Å². The molecule has 2 aromatic heterocycles. The van der Waals surface area contributed by atoms with Crippen LogP contribution < -0.4 is 15.4 Å². The first kappa shape index (κ1) is 23.5. The molecule has 4 amide bonds. The van der Waals surface area contributed by atoms with E-state index in [4.69, 9.17) is 4.74 Å². The van der Waals surface area contributed by atoms with Gasteiger partial charge in [-0.15, -0.1) is 0 Å². The molecule has 1 unspecified atom stereocenters. The van der Waals surface area contributed by atoms with E-state index in [1.165, 1.54) is 0 Å². The highest BCUT2D eigenvalue weighted by molar-refractivity contribution is 6.08. The molecule has 0 saturated carbocycles. The molecule has 1 aromatic carbocycles. The largest absolute Gasteiger partial charge is 0.497 e. The van der Waals surface area contributed by atoms with E-state index >= 15 is 0 Å². The minimum atomic E-state index is -1.21.